The second kappa shape index (κ2) is 12.4. The number of nitrogens with zero attached hydrogens (tertiary/aromatic N) is 2. The Hall–Kier alpha value is -2.38. The molecular weight excluding hydrogens is 1060 g/mol. The Bertz CT molecular complexity index is 1990. The molecular formula is C31H10Br6F6N2O4. The first-order chi connectivity index (χ1) is 22.7. The van der Waals surface area contributed by atoms with Crippen LogP contribution in [-0.2, 0) is 5.41 Å². The van der Waals surface area contributed by atoms with E-state index in [1.54, 1.807) is 0 Å². The number of fused-ring (bicyclic) bond motifs is 2. The normalized spacial score (nSPS) is 15.0. The third kappa shape index (κ3) is 5.50. The Morgan fingerprint density at radius 3 is 1.00 bits per heavy atom. The van der Waals surface area contributed by atoms with Gasteiger partial charge in [0.15, 0.2) is 0 Å². The summed E-state index contributed by atoms with van der Waals surface area (Å²) in [6, 6.07) is 9.13. The van der Waals surface area contributed by atoms with E-state index in [4.69, 9.17) is 0 Å². The minimum absolute atomic E-state index is 0.0238. The largest absolute Gasteiger partial charge is 0.411 e. The molecule has 6 rings (SSSR count). The van der Waals surface area contributed by atoms with Crippen molar-refractivity contribution in [3.05, 3.63) is 121 Å². The van der Waals surface area contributed by atoms with Gasteiger partial charge in [-0.05, 0) is 123 Å². The molecule has 0 saturated carbocycles. The molecule has 0 aliphatic carbocycles. The van der Waals surface area contributed by atoms with Crippen LogP contribution in [0.3, 0.4) is 0 Å². The molecule has 2 heterocycles. The number of anilines is 2. The van der Waals surface area contributed by atoms with E-state index in [9.17, 15) is 19.2 Å². The predicted molar refractivity (Wildman–Crippen MR) is 187 cm³/mol. The van der Waals surface area contributed by atoms with Crippen LogP contribution in [0.1, 0.15) is 52.6 Å². The van der Waals surface area contributed by atoms with Crippen molar-refractivity contribution < 1.29 is 45.5 Å². The Balaban J connectivity index is 1.53. The Kier molecular flexibility index (Phi) is 9.21. The summed E-state index contributed by atoms with van der Waals surface area (Å²) in [5, 5.41) is 0. The molecule has 6 nitrogen and oxygen atoms in total. The van der Waals surface area contributed by atoms with Crippen molar-refractivity contribution in [1.82, 2.24) is 0 Å². The molecule has 49 heavy (non-hydrogen) atoms. The van der Waals surface area contributed by atoms with Crippen LogP contribution in [0.2, 0.25) is 0 Å². The van der Waals surface area contributed by atoms with Crippen molar-refractivity contribution in [3.63, 3.8) is 0 Å². The van der Waals surface area contributed by atoms with Crippen molar-refractivity contribution in [3.8, 4) is 0 Å². The second-order valence-corrected chi connectivity index (χ2v) is 15.8. The summed E-state index contributed by atoms with van der Waals surface area (Å²) in [6.45, 7) is 0. The van der Waals surface area contributed by atoms with Gasteiger partial charge in [-0.2, -0.15) is 26.3 Å². The van der Waals surface area contributed by atoms with E-state index in [-0.39, 0.29) is 29.3 Å². The molecule has 0 N–H and O–H groups in total. The van der Waals surface area contributed by atoms with Crippen LogP contribution in [0.25, 0.3) is 0 Å². The molecule has 2 aliphatic rings. The first kappa shape index (κ1) is 36.4. The van der Waals surface area contributed by atoms with Crippen molar-refractivity contribution in [1.29, 1.82) is 0 Å². The van der Waals surface area contributed by atoms with E-state index in [2.05, 4.69) is 95.6 Å². The van der Waals surface area contributed by atoms with Crippen molar-refractivity contribution in [2.24, 2.45) is 0 Å². The number of rotatable bonds is 4. The minimum Gasteiger partial charge on any atom is -0.268 e. The quantitative estimate of drug-likeness (QED) is 0.151. The van der Waals surface area contributed by atoms with E-state index < -0.39 is 74.8 Å². The van der Waals surface area contributed by atoms with Crippen molar-refractivity contribution in [2.75, 3.05) is 9.80 Å². The third-order valence-corrected chi connectivity index (χ3v) is 11.2. The van der Waals surface area contributed by atoms with Gasteiger partial charge in [-0.15, -0.1) is 0 Å². The summed E-state index contributed by atoms with van der Waals surface area (Å²) in [5.41, 5.74) is -9.99. The van der Waals surface area contributed by atoms with Gasteiger partial charge in [0.05, 0.1) is 33.6 Å². The van der Waals surface area contributed by atoms with E-state index in [1.807, 2.05) is 0 Å². The number of halogens is 12. The molecule has 0 atom stereocenters. The highest BCUT2D eigenvalue weighted by Gasteiger charge is 2.73. The molecule has 4 aromatic rings. The van der Waals surface area contributed by atoms with Crippen LogP contribution in [0.4, 0.5) is 37.7 Å². The number of amides is 4. The molecule has 2 aliphatic heterocycles. The number of carbonyl (C=O) groups is 4. The molecule has 0 saturated heterocycles. The molecule has 4 amide bonds. The fourth-order valence-corrected chi connectivity index (χ4v) is 11.1. The molecule has 0 fully saturated rings. The number of imide groups is 2. The van der Waals surface area contributed by atoms with Crippen LogP contribution in [0.15, 0.2) is 87.5 Å². The summed E-state index contributed by atoms with van der Waals surface area (Å²) < 4.78 is 93.1. The van der Waals surface area contributed by atoms with E-state index >= 15 is 26.3 Å². The zero-order chi connectivity index (χ0) is 36.1. The lowest BCUT2D eigenvalue weighted by Gasteiger charge is -2.38. The first-order valence-corrected chi connectivity index (χ1v) is 18.0. The molecule has 0 bridgehead atoms. The molecule has 252 valence electrons. The lowest BCUT2D eigenvalue weighted by Crippen LogP contribution is -2.55. The maximum atomic E-state index is 15.2. The average Bonchev–Trinajstić information content (AvgIpc) is 3.35. The number of benzene rings is 4. The zero-order valence-electron chi connectivity index (χ0n) is 23.3. The maximum absolute atomic E-state index is 15.2. The number of hydrogen-bond acceptors (Lipinski definition) is 4. The lowest BCUT2D eigenvalue weighted by molar-refractivity contribution is -0.288. The molecule has 0 aromatic heterocycles. The van der Waals surface area contributed by atoms with Gasteiger partial charge in [-0.25, -0.2) is 9.80 Å². The Morgan fingerprint density at radius 2 is 0.714 bits per heavy atom. The zero-order valence-corrected chi connectivity index (χ0v) is 32.9. The number of hydrogen-bond donors (Lipinski definition) is 0. The van der Waals surface area contributed by atoms with Crippen LogP contribution in [0, 0.1) is 0 Å². The highest BCUT2D eigenvalue weighted by molar-refractivity contribution is 9.12. The standard InChI is InChI=1S/C31H10Br6F6N2O4/c32-13-7-19(34)23(20(35)8-13)44-25(46)15-3-1-11(5-17(15)27(44)48)29(30(38,39)40,31(41,42)43)12-2-4-16-18(6-12)28(49)45(26(16)47)24-21(36)9-14(33)10-22(24)37/h1-10H. The average molecular weight is 1070 g/mol. The smallest absolute Gasteiger partial charge is 0.268 e. The number of carbonyl (C=O) groups excluding carboxylic acids is 4. The molecule has 0 spiro atoms. The van der Waals surface area contributed by atoms with Crippen molar-refractivity contribution in [2.45, 2.75) is 17.8 Å². The summed E-state index contributed by atoms with van der Waals surface area (Å²) in [5.74, 6) is -4.29. The highest BCUT2D eigenvalue weighted by atomic mass is 79.9. The van der Waals surface area contributed by atoms with Gasteiger partial charge in [0.25, 0.3) is 23.6 Å². The molecule has 4 aromatic carbocycles. The maximum Gasteiger partial charge on any atom is 0.411 e. The van der Waals surface area contributed by atoms with Crippen LogP contribution >= 0.6 is 95.6 Å². The molecule has 0 radical (unpaired) electrons. The highest BCUT2D eigenvalue weighted by Crippen LogP contribution is 2.57. The fourth-order valence-electron chi connectivity index (χ4n) is 5.83. The Labute approximate surface area is 322 Å². The first-order valence-electron chi connectivity index (χ1n) is 13.2. The number of alkyl halides is 6. The third-order valence-electron chi connectivity index (χ3n) is 7.90. The van der Waals surface area contributed by atoms with Gasteiger partial charge < -0.3 is 0 Å². The molecule has 18 heteroatoms. The summed E-state index contributed by atoms with van der Waals surface area (Å²) in [6.07, 6.45) is -12.2. The van der Waals surface area contributed by atoms with Gasteiger partial charge >= 0.3 is 12.4 Å². The summed E-state index contributed by atoms with van der Waals surface area (Å²) in [7, 11) is 0. The van der Waals surface area contributed by atoms with Gasteiger partial charge in [0.1, 0.15) is 0 Å². The SMILES string of the molecule is O=C1c2ccc(C(c3ccc4c(c3)C(=O)N(c3c(Br)cc(Br)cc3Br)C4=O)(C(F)(F)F)C(F)(F)F)cc2C(=O)N1c1c(Br)cc(Br)cc1Br. The fraction of sp³-hybridized carbons (Fsp3) is 0.0968. The predicted octanol–water partition coefficient (Wildman–Crippen LogP) is 11.3. The van der Waals surface area contributed by atoms with Gasteiger partial charge in [0.2, 0.25) is 5.41 Å². The topological polar surface area (TPSA) is 74.8 Å². The van der Waals surface area contributed by atoms with Gasteiger partial charge in [-0.1, -0.05) is 44.0 Å². The summed E-state index contributed by atoms with van der Waals surface area (Å²) in [4.78, 5) is 55.1. The van der Waals surface area contributed by atoms with Gasteiger partial charge in [-0.3, -0.25) is 19.2 Å². The Morgan fingerprint density at radius 1 is 0.429 bits per heavy atom. The van der Waals surface area contributed by atoms with Crippen LogP contribution in [0.5, 0.6) is 0 Å². The van der Waals surface area contributed by atoms with Crippen LogP contribution < -0.4 is 9.80 Å². The van der Waals surface area contributed by atoms with Crippen LogP contribution in [-0.4, -0.2) is 36.0 Å². The van der Waals surface area contributed by atoms with Crippen molar-refractivity contribution >= 4 is 131 Å². The minimum atomic E-state index is -6.11. The van der Waals surface area contributed by atoms with E-state index in [0.29, 0.717) is 43.0 Å². The summed E-state index contributed by atoms with van der Waals surface area (Å²) >= 11 is 19.4. The van der Waals surface area contributed by atoms with E-state index in [0.717, 1.165) is 12.1 Å². The second-order valence-electron chi connectivity index (χ2n) is 10.6. The monoisotopic (exact) mass is 1060 g/mol. The van der Waals surface area contributed by atoms with E-state index in [1.165, 1.54) is 24.3 Å². The van der Waals surface area contributed by atoms with Gasteiger partial charge in [0, 0.05) is 26.8 Å². The lowest BCUT2D eigenvalue weighted by atomic mass is 9.71. The molecule has 0 unspecified atom stereocenters.